The molecule has 1 aromatic heterocycles. The predicted octanol–water partition coefficient (Wildman–Crippen LogP) is 4.57. The number of benzene rings is 2. The molecule has 0 radical (unpaired) electrons. The van der Waals surface area contributed by atoms with Crippen LogP contribution in [0.2, 0.25) is 0 Å². The lowest BCUT2D eigenvalue weighted by molar-refractivity contribution is 0.174. The van der Waals surface area contributed by atoms with Crippen LogP contribution in [0.4, 0.5) is 0 Å². The SMILES string of the molecule is CCOc1ccc(-c2nc(CN(C)Cc3ccc4c(c3)OCO4)cs2)cc1. The molecule has 1 aliphatic rings. The smallest absolute Gasteiger partial charge is 0.231 e. The van der Waals surface area contributed by atoms with E-state index in [1.807, 2.05) is 31.2 Å². The highest BCUT2D eigenvalue weighted by atomic mass is 32.1. The van der Waals surface area contributed by atoms with Crippen molar-refractivity contribution in [3.8, 4) is 27.8 Å². The maximum Gasteiger partial charge on any atom is 0.231 e. The van der Waals surface area contributed by atoms with E-state index in [1.54, 1.807) is 11.3 Å². The highest BCUT2D eigenvalue weighted by Crippen LogP contribution is 2.33. The van der Waals surface area contributed by atoms with Crippen LogP contribution in [0, 0.1) is 0 Å². The van der Waals surface area contributed by atoms with E-state index in [0.29, 0.717) is 13.4 Å². The van der Waals surface area contributed by atoms with Gasteiger partial charge < -0.3 is 14.2 Å². The number of ether oxygens (including phenoxy) is 3. The lowest BCUT2D eigenvalue weighted by Gasteiger charge is -2.15. The number of hydrogen-bond donors (Lipinski definition) is 0. The van der Waals surface area contributed by atoms with E-state index in [4.69, 9.17) is 19.2 Å². The second-order valence-corrected chi connectivity index (χ2v) is 7.32. The Bertz CT molecular complexity index is 908. The molecule has 1 aliphatic heterocycles. The molecule has 0 saturated heterocycles. The zero-order valence-electron chi connectivity index (χ0n) is 15.5. The molecule has 0 bridgehead atoms. The minimum atomic E-state index is 0.307. The van der Waals surface area contributed by atoms with Gasteiger partial charge in [0.2, 0.25) is 6.79 Å². The largest absolute Gasteiger partial charge is 0.494 e. The van der Waals surface area contributed by atoms with Gasteiger partial charge in [0, 0.05) is 24.0 Å². The number of aromatic nitrogens is 1. The molecule has 0 unspecified atom stereocenters. The number of nitrogens with zero attached hydrogens (tertiary/aromatic N) is 2. The van der Waals surface area contributed by atoms with Gasteiger partial charge in [0.05, 0.1) is 12.3 Å². The molecule has 3 aromatic rings. The van der Waals surface area contributed by atoms with E-state index in [9.17, 15) is 0 Å². The first-order valence-corrected chi connectivity index (χ1v) is 9.84. The lowest BCUT2D eigenvalue weighted by atomic mass is 10.2. The first kappa shape index (κ1) is 17.8. The van der Waals surface area contributed by atoms with Gasteiger partial charge in [-0.3, -0.25) is 4.90 Å². The zero-order chi connectivity index (χ0) is 18.6. The molecule has 2 aromatic carbocycles. The molecule has 0 spiro atoms. The predicted molar refractivity (Wildman–Crippen MR) is 106 cm³/mol. The summed E-state index contributed by atoms with van der Waals surface area (Å²) in [4.78, 5) is 7.03. The summed E-state index contributed by atoms with van der Waals surface area (Å²) in [5.74, 6) is 2.54. The summed E-state index contributed by atoms with van der Waals surface area (Å²) in [5.41, 5.74) is 3.39. The molecule has 0 amide bonds. The van der Waals surface area contributed by atoms with Gasteiger partial charge in [-0.2, -0.15) is 0 Å². The van der Waals surface area contributed by atoms with E-state index in [2.05, 4.69) is 35.5 Å². The molecule has 0 N–H and O–H groups in total. The van der Waals surface area contributed by atoms with Gasteiger partial charge in [0.25, 0.3) is 0 Å². The molecule has 0 aliphatic carbocycles. The molecule has 0 atom stereocenters. The molecule has 2 heterocycles. The van der Waals surface area contributed by atoms with Crippen molar-refractivity contribution in [3.63, 3.8) is 0 Å². The van der Waals surface area contributed by atoms with Crippen LogP contribution in [-0.4, -0.2) is 30.3 Å². The van der Waals surface area contributed by atoms with Gasteiger partial charge >= 0.3 is 0 Å². The maximum absolute atomic E-state index is 5.50. The van der Waals surface area contributed by atoms with Crippen LogP contribution in [0.25, 0.3) is 10.6 Å². The molecule has 27 heavy (non-hydrogen) atoms. The average Bonchev–Trinajstić information content (AvgIpc) is 3.31. The summed E-state index contributed by atoms with van der Waals surface area (Å²) in [6.45, 7) is 4.59. The molecule has 5 nitrogen and oxygen atoms in total. The van der Waals surface area contributed by atoms with Gasteiger partial charge in [0.15, 0.2) is 11.5 Å². The van der Waals surface area contributed by atoms with Crippen molar-refractivity contribution in [3.05, 3.63) is 59.1 Å². The first-order valence-electron chi connectivity index (χ1n) is 8.96. The quantitative estimate of drug-likeness (QED) is 0.599. The van der Waals surface area contributed by atoms with Crippen molar-refractivity contribution >= 4 is 11.3 Å². The monoisotopic (exact) mass is 382 g/mol. The van der Waals surface area contributed by atoms with Crippen LogP contribution in [0.15, 0.2) is 47.8 Å². The Labute approximate surface area is 163 Å². The van der Waals surface area contributed by atoms with Crippen LogP contribution >= 0.6 is 11.3 Å². The van der Waals surface area contributed by atoms with E-state index in [1.165, 1.54) is 5.56 Å². The Morgan fingerprint density at radius 1 is 1.07 bits per heavy atom. The topological polar surface area (TPSA) is 43.8 Å². The number of hydrogen-bond acceptors (Lipinski definition) is 6. The molecular weight excluding hydrogens is 360 g/mol. The van der Waals surface area contributed by atoms with Crippen LogP contribution in [0.3, 0.4) is 0 Å². The second-order valence-electron chi connectivity index (χ2n) is 6.46. The maximum atomic E-state index is 5.50. The summed E-state index contributed by atoms with van der Waals surface area (Å²) >= 11 is 1.67. The Morgan fingerprint density at radius 3 is 2.70 bits per heavy atom. The van der Waals surface area contributed by atoms with Crippen LogP contribution in [-0.2, 0) is 13.1 Å². The third-order valence-electron chi connectivity index (χ3n) is 4.29. The Morgan fingerprint density at radius 2 is 1.89 bits per heavy atom. The lowest BCUT2D eigenvalue weighted by Crippen LogP contribution is -2.17. The van der Waals surface area contributed by atoms with Crippen molar-refractivity contribution in [2.24, 2.45) is 0 Å². The molecule has 6 heteroatoms. The first-order chi connectivity index (χ1) is 13.2. The summed E-state index contributed by atoms with van der Waals surface area (Å²) in [6.07, 6.45) is 0. The normalized spacial score (nSPS) is 12.6. The zero-order valence-corrected chi connectivity index (χ0v) is 16.3. The highest BCUT2D eigenvalue weighted by molar-refractivity contribution is 7.13. The molecule has 0 saturated carbocycles. The van der Waals surface area contributed by atoms with E-state index in [-0.39, 0.29) is 0 Å². The summed E-state index contributed by atoms with van der Waals surface area (Å²) in [5, 5.41) is 3.16. The number of thiazole rings is 1. The Kier molecular flexibility index (Phi) is 5.27. The fourth-order valence-corrected chi connectivity index (χ4v) is 3.87. The molecular formula is C21H22N2O3S. The van der Waals surface area contributed by atoms with Crippen molar-refractivity contribution in [2.75, 3.05) is 20.4 Å². The standard InChI is InChI=1S/C21H22N2O3S/c1-3-24-18-7-5-16(6-8-18)21-22-17(13-27-21)12-23(2)11-15-4-9-19-20(10-15)26-14-25-19/h4-10,13H,3,11-12,14H2,1-2H3. The Balaban J connectivity index is 1.38. The molecule has 140 valence electrons. The van der Waals surface area contributed by atoms with Crippen molar-refractivity contribution in [2.45, 2.75) is 20.0 Å². The van der Waals surface area contributed by atoms with Crippen LogP contribution < -0.4 is 14.2 Å². The van der Waals surface area contributed by atoms with Gasteiger partial charge in [-0.25, -0.2) is 4.98 Å². The molecule has 0 fully saturated rings. The van der Waals surface area contributed by atoms with Gasteiger partial charge in [-0.1, -0.05) is 6.07 Å². The van der Waals surface area contributed by atoms with Gasteiger partial charge in [-0.15, -0.1) is 11.3 Å². The number of fused-ring (bicyclic) bond motifs is 1. The summed E-state index contributed by atoms with van der Waals surface area (Å²) in [6, 6.07) is 14.2. The summed E-state index contributed by atoms with van der Waals surface area (Å²) < 4.78 is 16.3. The highest BCUT2D eigenvalue weighted by Gasteiger charge is 2.14. The average molecular weight is 382 g/mol. The third-order valence-corrected chi connectivity index (χ3v) is 5.23. The molecule has 4 rings (SSSR count). The minimum Gasteiger partial charge on any atom is -0.494 e. The van der Waals surface area contributed by atoms with Crippen LogP contribution in [0.5, 0.6) is 17.2 Å². The van der Waals surface area contributed by atoms with E-state index in [0.717, 1.165) is 46.6 Å². The Hall–Kier alpha value is -2.57. The van der Waals surface area contributed by atoms with Gasteiger partial charge in [0.1, 0.15) is 10.8 Å². The summed E-state index contributed by atoms with van der Waals surface area (Å²) in [7, 11) is 2.10. The van der Waals surface area contributed by atoms with Crippen molar-refractivity contribution in [1.29, 1.82) is 0 Å². The second kappa shape index (κ2) is 7.98. The third kappa shape index (κ3) is 4.23. The minimum absolute atomic E-state index is 0.307. The van der Waals surface area contributed by atoms with Crippen molar-refractivity contribution < 1.29 is 14.2 Å². The van der Waals surface area contributed by atoms with Crippen molar-refractivity contribution in [1.82, 2.24) is 9.88 Å². The number of rotatable bonds is 7. The fourth-order valence-electron chi connectivity index (χ4n) is 3.06. The van der Waals surface area contributed by atoms with E-state index < -0.39 is 0 Å². The van der Waals surface area contributed by atoms with Gasteiger partial charge in [-0.05, 0) is 55.9 Å². The fraction of sp³-hybridized carbons (Fsp3) is 0.286. The van der Waals surface area contributed by atoms with E-state index >= 15 is 0 Å². The van der Waals surface area contributed by atoms with Crippen LogP contribution in [0.1, 0.15) is 18.2 Å².